The summed E-state index contributed by atoms with van der Waals surface area (Å²) in [5, 5.41) is 46.1. The Kier molecular flexibility index (Phi) is 9.04. The van der Waals surface area contributed by atoms with Crippen molar-refractivity contribution in [3.63, 3.8) is 0 Å². The number of phenols is 1. The fraction of sp³-hybridized carbons (Fsp3) is 0.394. The molecule has 2 aromatic carbocycles. The van der Waals surface area contributed by atoms with Crippen LogP contribution >= 0.6 is 11.3 Å². The predicted octanol–water partition coefficient (Wildman–Crippen LogP) is 5.03. The van der Waals surface area contributed by atoms with E-state index in [-0.39, 0.29) is 43.7 Å². The number of amides is 2. The first-order valence-corrected chi connectivity index (χ1v) is 15.1. The highest BCUT2D eigenvalue weighted by Gasteiger charge is 2.54. The number of likely N-dealkylation sites (tertiary alicyclic amines) is 1. The number of allylic oxidation sites excluding steroid dienone is 1. The number of carbonyl (C=O) groups is 2. The highest BCUT2D eigenvalue weighted by atomic mass is 32.1. The number of phenolic OH excluding ortho intramolecular Hbond substituents is 1. The van der Waals surface area contributed by atoms with E-state index in [4.69, 9.17) is 0 Å². The van der Waals surface area contributed by atoms with Crippen LogP contribution in [0.15, 0.2) is 70.6 Å². The molecule has 1 aliphatic carbocycles. The molecular formula is C33H37NO6S. The Morgan fingerprint density at radius 1 is 1.05 bits per heavy atom. The molecule has 41 heavy (non-hydrogen) atoms. The van der Waals surface area contributed by atoms with E-state index in [1.807, 2.05) is 47.8 Å². The topological polar surface area (TPSA) is 118 Å². The summed E-state index contributed by atoms with van der Waals surface area (Å²) in [6.45, 7) is 1.57. The van der Waals surface area contributed by atoms with Crippen LogP contribution in [-0.4, -0.2) is 56.5 Å². The van der Waals surface area contributed by atoms with Crippen LogP contribution in [0.2, 0.25) is 0 Å². The first kappa shape index (κ1) is 29.2. The lowest BCUT2D eigenvalue weighted by Gasteiger charge is -2.36. The van der Waals surface area contributed by atoms with Gasteiger partial charge in [-0.3, -0.25) is 14.5 Å². The number of benzene rings is 2. The lowest BCUT2D eigenvalue weighted by atomic mass is 9.68. The second-order valence-corrected chi connectivity index (χ2v) is 12.0. The first-order chi connectivity index (χ1) is 19.9. The van der Waals surface area contributed by atoms with Crippen molar-refractivity contribution in [1.82, 2.24) is 4.90 Å². The minimum atomic E-state index is -0.971. The zero-order valence-corrected chi connectivity index (χ0v) is 24.0. The molecule has 1 aliphatic heterocycles. The van der Waals surface area contributed by atoms with E-state index in [9.17, 15) is 30.0 Å². The van der Waals surface area contributed by atoms with Gasteiger partial charge in [0.15, 0.2) is 0 Å². The molecule has 8 heteroatoms. The monoisotopic (exact) mass is 575 g/mol. The van der Waals surface area contributed by atoms with E-state index in [0.29, 0.717) is 24.0 Å². The molecule has 7 nitrogen and oxygen atoms in total. The van der Waals surface area contributed by atoms with Crippen LogP contribution in [0.4, 0.5) is 0 Å². The molecule has 2 heterocycles. The molecule has 5 rings (SSSR count). The second-order valence-electron chi connectivity index (χ2n) is 11.0. The van der Waals surface area contributed by atoms with E-state index in [1.165, 1.54) is 16.2 Å². The van der Waals surface area contributed by atoms with Crippen LogP contribution in [0.25, 0.3) is 16.8 Å². The number of nitrogens with zero attached hydrogens (tertiary/aromatic N) is 1. The minimum Gasteiger partial charge on any atom is -0.507 e. The Morgan fingerprint density at radius 3 is 2.51 bits per heavy atom. The van der Waals surface area contributed by atoms with Crippen molar-refractivity contribution >= 4 is 40.0 Å². The summed E-state index contributed by atoms with van der Waals surface area (Å²) in [6.07, 6.45) is 4.02. The number of hydrogen-bond acceptors (Lipinski definition) is 7. The Bertz CT molecular complexity index is 1480. The summed E-state index contributed by atoms with van der Waals surface area (Å²) in [5.41, 5.74) is 3.17. The van der Waals surface area contributed by atoms with Gasteiger partial charge in [0.1, 0.15) is 5.75 Å². The highest BCUT2D eigenvalue weighted by molar-refractivity contribution is 7.09. The Balaban J connectivity index is 1.38. The number of thiophene rings is 1. The number of aromatic hydroxyl groups is 1. The third-order valence-corrected chi connectivity index (χ3v) is 9.38. The predicted molar refractivity (Wildman–Crippen MR) is 160 cm³/mol. The zero-order valence-electron chi connectivity index (χ0n) is 23.2. The number of aliphatic hydroxyl groups excluding tert-OH is 3. The lowest BCUT2D eigenvalue weighted by Crippen LogP contribution is -2.39. The number of hydrogen-bond donors (Lipinski definition) is 4. The maximum absolute atomic E-state index is 13.5. The average molecular weight is 576 g/mol. The molecule has 216 valence electrons. The third-order valence-electron chi connectivity index (χ3n) is 8.52. The van der Waals surface area contributed by atoms with Crippen LogP contribution in [0, 0.1) is 17.8 Å². The summed E-state index contributed by atoms with van der Waals surface area (Å²) in [7, 11) is 0. The van der Waals surface area contributed by atoms with Crippen molar-refractivity contribution in [3.05, 3.63) is 81.1 Å². The SMILES string of the molecule is CCC/C(=C\c1ccc(O)c2ccccc12)CC[C@@H](O)C1=C(CO)C[C@H]2C(=O)N(Cc3cccs3)C(=O)[C@H]2[C@H]1CO. The lowest BCUT2D eigenvalue weighted by molar-refractivity contribution is -0.140. The van der Waals surface area contributed by atoms with Gasteiger partial charge in [-0.05, 0) is 65.3 Å². The largest absolute Gasteiger partial charge is 0.507 e. The maximum Gasteiger partial charge on any atom is 0.234 e. The number of rotatable bonds is 11. The molecule has 3 aromatic rings. The Morgan fingerprint density at radius 2 is 1.83 bits per heavy atom. The standard InChI is InChI=1S/C33H37NO6S/c1-2-6-20(15-21-11-13-28(37)25-9-4-3-8-24(21)25)10-12-29(38)30-22(18-35)16-26-31(27(30)19-36)33(40)34(32(26)39)17-23-7-5-14-41-23/h3-5,7-9,11,13-15,26-27,29,31,35-38H,2,6,10,12,16-19H2,1H3/b20-15+/t26-,27+,29-,31-/m1/s1. The van der Waals surface area contributed by atoms with Crippen LogP contribution in [0.1, 0.15) is 49.5 Å². The second kappa shape index (κ2) is 12.7. The van der Waals surface area contributed by atoms with Crippen LogP contribution in [-0.2, 0) is 16.1 Å². The zero-order chi connectivity index (χ0) is 29.1. The van der Waals surface area contributed by atoms with Gasteiger partial charge in [0, 0.05) is 16.2 Å². The number of carbonyl (C=O) groups excluding carboxylic acids is 2. The molecule has 1 saturated heterocycles. The normalized spacial score (nSPS) is 22.1. The van der Waals surface area contributed by atoms with Crippen molar-refractivity contribution in [1.29, 1.82) is 0 Å². The summed E-state index contributed by atoms with van der Waals surface area (Å²) in [4.78, 5) is 29.0. The van der Waals surface area contributed by atoms with E-state index in [2.05, 4.69) is 13.0 Å². The molecule has 4 N–H and O–H groups in total. The summed E-state index contributed by atoms with van der Waals surface area (Å²) in [6, 6.07) is 15.0. The van der Waals surface area contributed by atoms with Gasteiger partial charge >= 0.3 is 0 Å². The van der Waals surface area contributed by atoms with Crippen molar-refractivity contribution < 1.29 is 30.0 Å². The van der Waals surface area contributed by atoms with Gasteiger partial charge in [0.2, 0.25) is 11.8 Å². The number of fused-ring (bicyclic) bond motifs is 2. The van der Waals surface area contributed by atoms with E-state index in [0.717, 1.165) is 39.6 Å². The van der Waals surface area contributed by atoms with Crippen LogP contribution < -0.4 is 0 Å². The fourth-order valence-electron chi connectivity index (χ4n) is 6.61. The average Bonchev–Trinajstić information content (AvgIpc) is 3.59. The minimum absolute atomic E-state index is 0.198. The van der Waals surface area contributed by atoms with Crippen molar-refractivity contribution in [2.75, 3.05) is 13.2 Å². The Labute approximate surface area is 244 Å². The number of imide groups is 1. The molecule has 0 bridgehead atoms. The molecule has 0 unspecified atom stereocenters. The molecule has 0 radical (unpaired) electrons. The van der Waals surface area contributed by atoms with Gasteiger partial charge in [-0.2, -0.15) is 0 Å². The molecule has 0 saturated carbocycles. The van der Waals surface area contributed by atoms with Crippen molar-refractivity contribution in [2.24, 2.45) is 17.8 Å². The van der Waals surface area contributed by atoms with Gasteiger partial charge in [-0.1, -0.05) is 61.4 Å². The van der Waals surface area contributed by atoms with Gasteiger partial charge in [0.05, 0.1) is 37.7 Å². The first-order valence-electron chi connectivity index (χ1n) is 14.3. The molecule has 0 spiro atoms. The smallest absolute Gasteiger partial charge is 0.234 e. The summed E-state index contributed by atoms with van der Waals surface area (Å²) >= 11 is 1.48. The molecule has 1 aromatic heterocycles. The van der Waals surface area contributed by atoms with E-state index >= 15 is 0 Å². The fourth-order valence-corrected chi connectivity index (χ4v) is 7.30. The molecular weight excluding hydrogens is 538 g/mol. The molecule has 1 fully saturated rings. The maximum atomic E-state index is 13.5. The van der Waals surface area contributed by atoms with Crippen LogP contribution in [0.3, 0.4) is 0 Å². The van der Waals surface area contributed by atoms with Gasteiger partial charge in [-0.15, -0.1) is 11.3 Å². The van der Waals surface area contributed by atoms with Crippen molar-refractivity contribution in [3.8, 4) is 5.75 Å². The summed E-state index contributed by atoms with van der Waals surface area (Å²) in [5.74, 6) is -2.48. The van der Waals surface area contributed by atoms with Crippen molar-refractivity contribution in [2.45, 2.75) is 51.7 Å². The number of aliphatic hydroxyl groups is 3. The summed E-state index contributed by atoms with van der Waals surface area (Å²) < 4.78 is 0. The molecule has 2 aliphatic rings. The quantitative estimate of drug-likeness (QED) is 0.188. The van der Waals surface area contributed by atoms with Crippen LogP contribution in [0.5, 0.6) is 5.75 Å². The van der Waals surface area contributed by atoms with Gasteiger partial charge < -0.3 is 20.4 Å². The Hall–Kier alpha value is -3.30. The highest BCUT2D eigenvalue weighted by Crippen LogP contribution is 2.46. The van der Waals surface area contributed by atoms with Gasteiger partial charge in [0.25, 0.3) is 0 Å². The third kappa shape index (κ3) is 5.75. The molecule has 4 atom stereocenters. The molecule has 2 amide bonds. The van der Waals surface area contributed by atoms with E-state index < -0.39 is 23.9 Å². The van der Waals surface area contributed by atoms with E-state index in [1.54, 1.807) is 6.07 Å². The van der Waals surface area contributed by atoms with Gasteiger partial charge in [-0.25, -0.2) is 0 Å².